The molecule has 2 heterocycles. The van der Waals surface area contributed by atoms with Gasteiger partial charge in [-0.15, -0.1) is 0 Å². The lowest BCUT2D eigenvalue weighted by Gasteiger charge is -2.09. The fourth-order valence-electron chi connectivity index (χ4n) is 1.77. The molecule has 104 valence electrons. The number of rotatable bonds is 7. The van der Waals surface area contributed by atoms with Crippen LogP contribution in [0, 0.1) is 0 Å². The highest BCUT2D eigenvalue weighted by Gasteiger charge is 2.09. The maximum atomic E-state index is 5.24. The van der Waals surface area contributed by atoms with Gasteiger partial charge in [0.2, 0.25) is 5.89 Å². The van der Waals surface area contributed by atoms with Crippen LogP contribution in [0.4, 0.5) is 0 Å². The van der Waals surface area contributed by atoms with Crippen molar-refractivity contribution in [2.24, 2.45) is 0 Å². The largest absolute Gasteiger partial charge is 0.337 e. The number of nitrogens with one attached hydrogen (secondary N) is 1. The monoisotopic (exact) mass is 263 g/mol. The zero-order valence-electron chi connectivity index (χ0n) is 11.8. The Bertz CT molecular complexity index is 503. The minimum Gasteiger partial charge on any atom is -0.337 e. The molecule has 0 amide bonds. The van der Waals surface area contributed by atoms with Crippen LogP contribution in [0.3, 0.4) is 0 Å². The van der Waals surface area contributed by atoms with E-state index in [0.717, 1.165) is 31.0 Å². The molecule has 1 N–H and O–H groups in total. The molecule has 0 aromatic carbocycles. The fraction of sp³-hybridized carbons (Fsp3) is 0.615. The van der Waals surface area contributed by atoms with E-state index in [-0.39, 0.29) is 0 Å². The van der Waals surface area contributed by atoms with Gasteiger partial charge in [-0.3, -0.25) is 0 Å². The molecule has 2 rings (SSSR count). The summed E-state index contributed by atoms with van der Waals surface area (Å²) in [5.74, 6) is 2.38. The van der Waals surface area contributed by atoms with Crippen LogP contribution in [0.5, 0.6) is 0 Å². The van der Waals surface area contributed by atoms with E-state index in [4.69, 9.17) is 4.52 Å². The molecule has 0 aliphatic carbocycles. The third-order valence-electron chi connectivity index (χ3n) is 2.76. The van der Waals surface area contributed by atoms with Gasteiger partial charge in [-0.05, 0) is 6.42 Å². The van der Waals surface area contributed by atoms with Crippen molar-refractivity contribution in [3.63, 3.8) is 0 Å². The van der Waals surface area contributed by atoms with Gasteiger partial charge in [0.1, 0.15) is 12.4 Å². The number of aryl methyl sites for hydroxylation is 1. The fourth-order valence-corrected chi connectivity index (χ4v) is 1.77. The molecule has 2 aromatic heterocycles. The number of aromatic nitrogens is 4. The first kappa shape index (κ1) is 13.7. The zero-order chi connectivity index (χ0) is 13.7. The van der Waals surface area contributed by atoms with Crippen molar-refractivity contribution in [3.05, 3.63) is 29.9 Å². The normalized spacial score (nSPS) is 11.4. The van der Waals surface area contributed by atoms with Gasteiger partial charge >= 0.3 is 0 Å². The Balaban J connectivity index is 1.99. The Morgan fingerprint density at radius 1 is 1.42 bits per heavy atom. The van der Waals surface area contributed by atoms with E-state index in [1.807, 2.05) is 10.8 Å². The van der Waals surface area contributed by atoms with Crippen LogP contribution in [0.1, 0.15) is 44.7 Å². The summed E-state index contributed by atoms with van der Waals surface area (Å²) in [6.07, 6.45) is 5.60. The molecule has 0 unspecified atom stereocenters. The van der Waals surface area contributed by atoms with Crippen LogP contribution in [0.25, 0.3) is 0 Å². The standard InChI is InChI=1S/C13H21N5O/c1-4-5-11-16-13(19-17-11)9-18-7-6-14-12(18)8-15-10(2)3/h6-7,10,15H,4-5,8-9H2,1-3H3. The summed E-state index contributed by atoms with van der Waals surface area (Å²) in [4.78, 5) is 8.70. The first-order chi connectivity index (χ1) is 9.19. The van der Waals surface area contributed by atoms with E-state index in [1.165, 1.54) is 0 Å². The lowest BCUT2D eigenvalue weighted by atomic mass is 10.3. The number of imidazole rings is 1. The van der Waals surface area contributed by atoms with Gasteiger partial charge in [0, 0.05) is 24.9 Å². The molecule has 0 radical (unpaired) electrons. The van der Waals surface area contributed by atoms with E-state index in [1.54, 1.807) is 6.20 Å². The Labute approximate surface area is 113 Å². The number of hydrogen-bond acceptors (Lipinski definition) is 5. The SMILES string of the molecule is CCCc1noc(Cn2ccnc2CNC(C)C)n1. The number of hydrogen-bond donors (Lipinski definition) is 1. The van der Waals surface area contributed by atoms with Gasteiger partial charge in [-0.25, -0.2) is 4.98 Å². The van der Waals surface area contributed by atoms with Crippen LogP contribution in [0.2, 0.25) is 0 Å². The maximum Gasteiger partial charge on any atom is 0.246 e. The van der Waals surface area contributed by atoms with Crippen molar-refractivity contribution in [2.75, 3.05) is 0 Å². The van der Waals surface area contributed by atoms with Gasteiger partial charge in [0.25, 0.3) is 0 Å². The summed E-state index contributed by atoms with van der Waals surface area (Å²) in [7, 11) is 0. The molecule has 6 heteroatoms. The average Bonchev–Trinajstić information content (AvgIpc) is 2.97. The summed E-state index contributed by atoms with van der Waals surface area (Å²) in [5, 5.41) is 7.30. The molecular weight excluding hydrogens is 242 g/mol. The van der Waals surface area contributed by atoms with Gasteiger partial charge in [0.15, 0.2) is 5.82 Å². The Hall–Kier alpha value is -1.69. The molecule has 0 aliphatic heterocycles. The predicted molar refractivity (Wildman–Crippen MR) is 71.6 cm³/mol. The van der Waals surface area contributed by atoms with Gasteiger partial charge in [-0.1, -0.05) is 25.9 Å². The Kier molecular flexibility index (Phi) is 4.68. The van der Waals surface area contributed by atoms with Crippen molar-refractivity contribution in [2.45, 2.75) is 52.7 Å². The molecular formula is C13H21N5O. The molecule has 0 aliphatic rings. The van der Waals surface area contributed by atoms with Crippen molar-refractivity contribution >= 4 is 0 Å². The minimum absolute atomic E-state index is 0.435. The highest BCUT2D eigenvalue weighted by Crippen LogP contribution is 2.05. The molecule has 6 nitrogen and oxygen atoms in total. The molecule has 2 aromatic rings. The second kappa shape index (κ2) is 6.47. The van der Waals surface area contributed by atoms with Crippen molar-refractivity contribution in [3.8, 4) is 0 Å². The summed E-state index contributed by atoms with van der Waals surface area (Å²) in [5.41, 5.74) is 0. The van der Waals surface area contributed by atoms with E-state index in [0.29, 0.717) is 18.5 Å². The van der Waals surface area contributed by atoms with E-state index >= 15 is 0 Å². The molecule has 0 spiro atoms. The molecule has 0 fully saturated rings. The van der Waals surface area contributed by atoms with Gasteiger partial charge in [-0.2, -0.15) is 4.98 Å². The lowest BCUT2D eigenvalue weighted by molar-refractivity contribution is 0.363. The third kappa shape index (κ3) is 3.89. The smallest absolute Gasteiger partial charge is 0.246 e. The second-order valence-corrected chi connectivity index (χ2v) is 4.86. The van der Waals surface area contributed by atoms with Crippen LogP contribution in [0.15, 0.2) is 16.9 Å². The molecule has 0 saturated heterocycles. The average molecular weight is 263 g/mol. The lowest BCUT2D eigenvalue weighted by Crippen LogP contribution is -2.24. The second-order valence-electron chi connectivity index (χ2n) is 4.86. The minimum atomic E-state index is 0.435. The first-order valence-corrected chi connectivity index (χ1v) is 6.74. The van der Waals surface area contributed by atoms with Crippen molar-refractivity contribution in [1.29, 1.82) is 0 Å². The van der Waals surface area contributed by atoms with Crippen LogP contribution < -0.4 is 5.32 Å². The third-order valence-corrected chi connectivity index (χ3v) is 2.76. The van der Waals surface area contributed by atoms with Crippen LogP contribution in [-0.4, -0.2) is 25.7 Å². The topological polar surface area (TPSA) is 68.8 Å². The summed E-state index contributed by atoms with van der Waals surface area (Å²) < 4.78 is 7.27. The predicted octanol–water partition coefficient (Wildman–Crippen LogP) is 1.76. The summed E-state index contributed by atoms with van der Waals surface area (Å²) in [6.45, 7) is 7.64. The first-order valence-electron chi connectivity index (χ1n) is 6.74. The maximum absolute atomic E-state index is 5.24. The summed E-state index contributed by atoms with van der Waals surface area (Å²) in [6, 6.07) is 0.435. The quantitative estimate of drug-likeness (QED) is 0.824. The van der Waals surface area contributed by atoms with E-state index in [9.17, 15) is 0 Å². The highest BCUT2D eigenvalue weighted by molar-refractivity contribution is 4.96. The Morgan fingerprint density at radius 3 is 3.00 bits per heavy atom. The molecule has 0 bridgehead atoms. The van der Waals surface area contributed by atoms with Crippen molar-refractivity contribution in [1.82, 2.24) is 25.0 Å². The van der Waals surface area contributed by atoms with E-state index < -0.39 is 0 Å². The Morgan fingerprint density at radius 2 is 2.26 bits per heavy atom. The highest BCUT2D eigenvalue weighted by atomic mass is 16.5. The van der Waals surface area contributed by atoms with Gasteiger partial charge in [0.05, 0.1) is 6.54 Å². The molecule has 0 saturated carbocycles. The van der Waals surface area contributed by atoms with E-state index in [2.05, 4.69) is 41.2 Å². The molecule has 19 heavy (non-hydrogen) atoms. The van der Waals surface area contributed by atoms with Crippen LogP contribution in [-0.2, 0) is 19.5 Å². The summed E-state index contributed by atoms with van der Waals surface area (Å²) >= 11 is 0. The zero-order valence-corrected chi connectivity index (χ0v) is 11.8. The van der Waals surface area contributed by atoms with Crippen molar-refractivity contribution < 1.29 is 4.52 Å². The number of nitrogens with zero attached hydrogens (tertiary/aromatic N) is 4. The molecule has 0 atom stereocenters. The van der Waals surface area contributed by atoms with Gasteiger partial charge < -0.3 is 14.4 Å². The van der Waals surface area contributed by atoms with Crippen LogP contribution >= 0.6 is 0 Å².